The largest absolute Gasteiger partial charge is 0.494 e. The van der Waals surface area contributed by atoms with E-state index in [2.05, 4.69) is 51.4 Å². The van der Waals surface area contributed by atoms with E-state index in [-0.39, 0.29) is 17.4 Å². The number of fused-ring (bicyclic) bond motifs is 3. The number of anilines is 4. The summed E-state index contributed by atoms with van der Waals surface area (Å²) in [6, 6.07) is 15.2. The molecule has 1 saturated heterocycles. The number of amides is 1. The van der Waals surface area contributed by atoms with Gasteiger partial charge in [0, 0.05) is 67.2 Å². The highest BCUT2D eigenvalue weighted by Gasteiger charge is 2.41. The molecule has 2 aromatic heterocycles. The van der Waals surface area contributed by atoms with Crippen LogP contribution < -0.4 is 25.8 Å². The Balaban J connectivity index is 0.945. The van der Waals surface area contributed by atoms with Crippen molar-refractivity contribution in [3.63, 3.8) is 0 Å². The van der Waals surface area contributed by atoms with Gasteiger partial charge < -0.3 is 20.3 Å². The van der Waals surface area contributed by atoms with Gasteiger partial charge in [0.1, 0.15) is 5.75 Å². The second kappa shape index (κ2) is 14.2. The molecule has 1 amide bonds. The average Bonchev–Trinajstić information content (AvgIpc) is 3.97. The Labute approximate surface area is 307 Å². The maximum Gasteiger partial charge on any atom is 0.257 e. The summed E-state index contributed by atoms with van der Waals surface area (Å²) in [6.07, 6.45) is 12.1. The van der Waals surface area contributed by atoms with E-state index in [1.54, 1.807) is 23.9 Å². The molecule has 2 bridgehead atoms. The normalized spacial score (nSPS) is 24.8. The summed E-state index contributed by atoms with van der Waals surface area (Å²) in [5.74, 6) is 3.98. The van der Waals surface area contributed by atoms with Crippen molar-refractivity contribution in [2.75, 3.05) is 55.4 Å². The van der Waals surface area contributed by atoms with Gasteiger partial charge in [0.25, 0.3) is 5.56 Å². The van der Waals surface area contributed by atoms with Gasteiger partial charge in [-0.1, -0.05) is 19.9 Å². The molecule has 52 heavy (non-hydrogen) atoms. The van der Waals surface area contributed by atoms with Crippen molar-refractivity contribution in [3.05, 3.63) is 70.6 Å². The van der Waals surface area contributed by atoms with Crippen molar-refractivity contribution >= 4 is 40.0 Å². The highest BCUT2D eigenvalue weighted by Crippen LogP contribution is 2.51. The van der Waals surface area contributed by atoms with Gasteiger partial charge >= 0.3 is 0 Å². The van der Waals surface area contributed by atoms with Crippen LogP contribution in [0, 0.1) is 36.0 Å². The predicted octanol–water partition coefficient (Wildman–Crippen LogP) is 7.55. The Morgan fingerprint density at radius 2 is 1.75 bits per heavy atom. The molecule has 8 rings (SSSR count). The molecule has 10 heteroatoms. The molecule has 2 N–H and O–H groups in total. The SMILES string of the molecule is COc1cc(N2CCN(CCC3(C)CC4CC(C)CC(C4)C3)CC2)ccc1Nc1ncc2c(C)cc(=O)n(-c3cccc(NC(=O)C4CC4)c3)c2n1. The first-order chi connectivity index (χ1) is 25.1. The van der Waals surface area contributed by atoms with Crippen molar-refractivity contribution in [2.24, 2.45) is 29.1 Å². The van der Waals surface area contributed by atoms with E-state index in [0.717, 1.165) is 79.1 Å². The first-order valence-corrected chi connectivity index (χ1v) is 19.4. The average molecular weight is 704 g/mol. The smallest absolute Gasteiger partial charge is 0.257 e. The van der Waals surface area contributed by atoms with Crippen molar-refractivity contribution < 1.29 is 9.53 Å². The third-order valence-corrected chi connectivity index (χ3v) is 12.2. The van der Waals surface area contributed by atoms with Crippen LogP contribution in [-0.4, -0.2) is 65.2 Å². The molecule has 2 unspecified atom stereocenters. The topological polar surface area (TPSA) is 105 Å². The number of aryl methyl sites for hydroxylation is 1. The van der Waals surface area contributed by atoms with E-state index < -0.39 is 0 Å². The number of hydrogen-bond acceptors (Lipinski definition) is 8. The van der Waals surface area contributed by atoms with Crippen molar-refractivity contribution in [1.82, 2.24) is 19.4 Å². The zero-order valence-electron chi connectivity index (χ0n) is 31.2. The minimum Gasteiger partial charge on any atom is -0.494 e. The molecule has 4 fully saturated rings. The van der Waals surface area contributed by atoms with Crippen LogP contribution in [0.15, 0.2) is 59.5 Å². The number of benzene rings is 2. The van der Waals surface area contributed by atoms with Crippen LogP contribution in [0.5, 0.6) is 5.75 Å². The Bertz CT molecular complexity index is 2000. The molecule has 274 valence electrons. The molecule has 4 aliphatic rings. The van der Waals surface area contributed by atoms with Gasteiger partial charge in [0.15, 0.2) is 5.65 Å². The van der Waals surface area contributed by atoms with Gasteiger partial charge in [-0.2, -0.15) is 4.98 Å². The van der Waals surface area contributed by atoms with Gasteiger partial charge in [0.2, 0.25) is 11.9 Å². The lowest BCUT2D eigenvalue weighted by Gasteiger charge is -2.48. The molecule has 2 aromatic carbocycles. The maximum absolute atomic E-state index is 13.4. The van der Waals surface area contributed by atoms with E-state index in [0.29, 0.717) is 34.1 Å². The minimum atomic E-state index is -0.206. The van der Waals surface area contributed by atoms with E-state index in [9.17, 15) is 9.59 Å². The second-order valence-electron chi connectivity index (χ2n) is 16.6. The van der Waals surface area contributed by atoms with Crippen molar-refractivity contribution in [1.29, 1.82) is 0 Å². The molecule has 3 aliphatic carbocycles. The monoisotopic (exact) mass is 703 g/mol. The molecule has 3 heterocycles. The minimum absolute atomic E-state index is 0.0185. The molecule has 10 nitrogen and oxygen atoms in total. The summed E-state index contributed by atoms with van der Waals surface area (Å²) < 4.78 is 7.44. The maximum atomic E-state index is 13.4. The number of ether oxygens (including phenoxy) is 1. The summed E-state index contributed by atoms with van der Waals surface area (Å²) in [4.78, 5) is 40.4. The summed E-state index contributed by atoms with van der Waals surface area (Å²) in [6.45, 7) is 12.3. The standard InChI is InChI=1S/C42H53N7O3/c1-27-18-29-21-30(19-27)25-42(3,24-29)12-13-47-14-16-48(17-15-47)33-10-11-36(37(23-33)52-4)45-41-43-26-35-28(2)20-38(50)49(39(35)46-41)34-7-5-6-32(22-34)44-40(51)31-8-9-31/h5-7,10-11,20,22-23,26-27,29-31H,8-9,12-19,21,24-25H2,1-4H3,(H,44,51)(H,43,45,46). The predicted molar refractivity (Wildman–Crippen MR) is 208 cm³/mol. The fraction of sp³-hybridized carbons (Fsp3) is 0.524. The zero-order valence-corrected chi connectivity index (χ0v) is 31.2. The number of carbonyl (C=O) groups excluding carboxylic acids is 1. The number of methoxy groups -OCH3 is 1. The van der Waals surface area contributed by atoms with Gasteiger partial charge in [0.05, 0.1) is 18.5 Å². The number of pyridine rings is 1. The summed E-state index contributed by atoms with van der Waals surface area (Å²) in [7, 11) is 1.68. The van der Waals surface area contributed by atoms with Crippen molar-refractivity contribution in [3.8, 4) is 11.4 Å². The van der Waals surface area contributed by atoms with Crippen molar-refractivity contribution in [2.45, 2.75) is 72.1 Å². The number of piperazine rings is 1. The number of carbonyl (C=O) groups is 1. The van der Waals surface area contributed by atoms with Crippen LogP contribution in [0.3, 0.4) is 0 Å². The summed E-state index contributed by atoms with van der Waals surface area (Å²) in [5.41, 5.74) is 4.74. The highest BCUT2D eigenvalue weighted by atomic mass is 16.5. The molecular formula is C42H53N7O3. The first kappa shape index (κ1) is 34.6. The lowest BCUT2D eigenvalue weighted by atomic mass is 9.58. The van der Waals surface area contributed by atoms with E-state index in [4.69, 9.17) is 9.72 Å². The fourth-order valence-electron chi connectivity index (χ4n) is 9.55. The van der Waals surface area contributed by atoms with Crippen LogP contribution >= 0.6 is 0 Å². The van der Waals surface area contributed by atoms with Gasteiger partial charge in [-0.15, -0.1) is 0 Å². The number of rotatable bonds is 10. The molecule has 4 aromatic rings. The Hall–Kier alpha value is -4.44. The van der Waals surface area contributed by atoms with Crippen LogP contribution in [0.25, 0.3) is 16.7 Å². The molecule has 1 aliphatic heterocycles. The van der Waals surface area contributed by atoms with Crippen LogP contribution in [-0.2, 0) is 4.79 Å². The Kier molecular flexibility index (Phi) is 9.44. The first-order valence-electron chi connectivity index (χ1n) is 19.4. The van der Waals surface area contributed by atoms with Crippen LogP contribution in [0.4, 0.5) is 23.0 Å². The molecule has 2 atom stereocenters. The highest BCUT2D eigenvalue weighted by molar-refractivity contribution is 5.94. The fourth-order valence-corrected chi connectivity index (χ4v) is 9.55. The number of nitrogens with zero attached hydrogens (tertiary/aromatic N) is 5. The second-order valence-corrected chi connectivity index (χ2v) is 16.6. The molecule has 0 spiro atoms. The Morgan fingerprint density at radius 3 is 2.48 bits per heavy atom. The van der Waals surface area contributed by atoms with E-state index in [1.807, 2.05) is 37.3 Å². The lowest BCUT2D eigenvalue weighted by molar-refractivity contribution is -0.117. The Morgan fingerprint density at radius 1 is 0.981 bits per heavy atom. The van der Waals surface area contributed by atoms with Crippen LogP contribution in [0.2, 0.25) is 0 Å². The third-order valence-electron chi connectivity index (χ3n) is 12.2. The van der Waals surface area contributed by atoms with Crippen LogP contribution in [0.1, 0.15) is 70.8 Å². The lowest BCUT2D eigenvalue weighted by Crippen LogP contribution is -2.47. The molecular weight excluding hydrogens is 651 g/mol. The third kappa shape index (κ3) is 7.40. The number of nitrogens with one attached hydrogen (secondary N) is 2. The van der Waals surface area contributed by atoms with E-state index >= 15 is 0 Å². The summed E-state index contributed by atoms with van der Waals surface area (Å²) in [5, 5.41) is 7.10. The zero-order chi connectivity index (χ0) is 36.0. The quantitative estimate of drug-likeness (QED) is 0.175. The number of hydrogen-bond donors (Lipinski definition) is 2. The van der Waals surface area contributed by atoms with Gasteiger partial charge in [-0.05, 0) is 124 Å². The number of aromatic nitrogens is 3. The molecule has 0 radical (unpaired) electrons. The molecule has 3 saturated carbocycles. The summed E-state index contributed by atoms with van der Waals surface area (Å²) >= 11 is 0. The van der Waals surface area contributed by atoms with Gasteiger partial charge in [-0.3, -0.25) is 19.1 Å². The van der Waals surface area contributed by atoms with Gasteiger partial charge in [-0.25, -0.2) is 4.98 Å². The van der Waals surface area contributed by atoms with E-state index in [1.165, 1.54) is 45.1 Å².